The van der Waals surface area contributed by atoms with Crippen LogP contribution in [0.1, 0.15) is 13.3 Å². The second-order valence-electron chi connectivity index (χ2n) is 6.06. The molecule has 7 heteroatoms. The van der Waals surface area contributed by atoms with E-state index >= 15 is 0 Å². The summed E-state index contributed by atoms with van der Waals surface area (Å²) in [5.41, 5.74) is 8.46. The van der Waals surface area contributed by atoms with E-state index in [0.29, 0.717) is 35.0 Å². The highest BCUT2D eigenvalue weighted by atomic mass is 16.3. The Kier molecular flexibility index (Phi) is 4.33. The molecule has 0 saturated heterocycles. The molecule has 136 valence electrons. The molecule has 0 aromatic carbocycles. The molecule has 0 amide bonds. The number of nitrogens with zero attached hydrogens (tertiary/aromatic N) is 3. The van der Waals surface area contributed by atoms with Gasteiger partial charge in [0.15, 0.2) is 11.5 Å². The maximum atomic E-state index is 12.1. The molecule has 0 unspecified atom stereocenters. The summed E-state index contributed by atoms with van der Waals surface area (Å²) < 4.78 is 12.8. The number of pyridine rings is 1. The van der Waals surface area contributed by atoms with Crippen molar-refractivity contribution in [1.29, 1.82) is 0 Å². The average Bonchev–Trinajstić information content (AvgIpc) is 3.37. The Balaban J connectivity index is 2.03. The van der Waals surface area contributed by atoms with Gasteiger partial charge in [0.25, 0.3) is 5.56 Å². The van der Waals surface area contributed by atoms with Crippen molar-refractivity contribution in [1.82, 2.24) is 14.5 Å². The van der Waals surface area contributed by atoms with Gasteiger partial charge < -0.3 is 19.1 Å². The molecule has 0 saturated carbocycles. The summed E-state index contributed by atoms with van der Waals surface area (Å²) in [5, 5.41) is 0. The molecule has 7 nitrogen and oxygen atoms in total. The largest absolute Gasteiger partial charge is 0.463 e. The molecular formula is C20H18N4O3. The molecule has 4 aromatic rings. The second kappa shape index (κ2) is 6.95. The molecule has 4 heterocycles. The van der Waals surface area contributed by atoms with E-state index in [1.165, 1.54) is 0 Å². The molecule has 0 aliphatic heterocycles. The maximum absolute atomic E-state index is 12.1. The van der Waals surface area contributed by atoms with Crippen LogP contribution in [0.25, 0.3) is 34.0 Å². The van der Waals surface area contributed by atoms with Gasteiger partial charge in [-0.25, -0.2) is 9.97 Å². The number of aryl methyl sites for hydroxylation is 1. The van der Waals surface area contributed by atoms with Crippen molar-refractivity contribution < 1.29 is 8.83 Å². The van der Waals surface area contributed by atoms with E-state index in [1.54, 1.807) is 59.7 Å². The van der Waals surface area contributed by atoms with Crippen LogP contribution in [-0.4, -0.2) is 14.5 Å². The van der Waals surface area contributed by atoms with Gasteiger partial charge in [0, 0.05) is 29.9 Å². The zero-order valence-electron chi connectivity index (χ0n) is 14.8. The highest BCUT2D eigenvalue weighted by molar-refractivity contribution is 5.89. The minimum atomic E-state index is -0.0592. The fraction of sp³-hybridized carbons (Fsp3) is 0.150. The van der Waals surface area contributed by atoms with Crippen LogP contribution in [0.15, 0.2) is 68.8 Å². The number of anilines is 1. The first-order chi connectivity index (χ1) is 13.2. The molecule has 0 aliphatic carbocycles. The third-order valence-electron chi connectivity index (χ3n) is 4.17. The molecule has 0 aliphatic rings. The first kappa shape index (κ1) is 16.8. The zero-order valence-corrected chi connectivity index (χ0v) is 14.8. The predicted molar refractivity (Wildman–Crippen MR) is 102 cm³/mol. The Morgan fingerprint density at radius 1 is 1.00 bits per heavy atom. The van der Waals surface area contributed by atoms with Gasteiger partial charge in [0.2, 0.25) is 5.95 Å². The van der Waals surface area contributed by atoms with Crippen molar-refractivity contribution in [3.8, 4) is 34.0 Å². The summed E-state index contributed by atoms with van der Waals surface area (Å²) in [7, 11) is 0. The lowest BCUT2D eigenvalue weighted by atomic mass is 10.0. The third kappa shape index (κ3) is 3.15. The molecule has 4 aromatic heterocycles. The summed E-state index contributed by atoms with van der Waals surface area (Å²) in [6.07, 6.45) is 5.79. The Labute approximate surface area is 155 Å². The van der Waals surface area contributed by atoms with Crippen LogP contribution in [0.3, 0.4) is 0 Å². The first-order valence-electron chi connectivity index (χ1n) is 8.63. The van der Waals surface area contributed by atoms with Crippen LogP contribution in [-0.2, 0) is 6.54 Å². The molecule has 0 spiro atoms. The highest BCUT2D eigenvalue weighted by Crippen LogP contribution is 2.38. The minimum Gasteiger partial charge on any atom is -0.463 e. The summed E-state index contributed by atoms with van der Waals surface area (Å²) in [6, 6.07) is 10.5. The normalized spacial score (nSPS) is 11.0. The SMILES string of the molecule is CCCn1cc(-c2c(-c3ccco3)nc(N)nc2-c2ccco2)ccc1=O. The standard InChI is InChI=1S/C20H18N4O3/c1-2-9-24-12-13(7-8-16(24)25)17-18(14-5-3-10-26-14)22-20(21)23-19(17)15-6-4-11-27-15/h3-8,10-12H,2,9H2,1H3,(H2,21,22,23). The minimum absolute atomic E-state index is 0.0592. The molecule has 0 radical (unpaired) electrons. The van der Waals surface area contributed by atoms with E-state index in [2.05, 4.69) is 9.97 Å². The summed E-state index contributed by atoms with van der Waals surface area (Å²) >= 11 is 0. The lowest BCUT2D eigenvalue weighted by Crippen LogP contribution is -2.18. The fourth-order valence-corrected chi connectivity index (χ4v) is 3.03. The lowest BCUT2D eigenvalue weighted by Gasteiger charge is -2.14. The van der Waals surface area contributed by atoms with E-state index in [4.69, 9.17) is 14.6 Å². The lowest BCUT2D eigenvalue weighted by molar-refractivity contribution is 0.577. The van der Waals surface area contributed by atoms with Gasteiger partial charge >= 0.3 is 0 Å². The molecule has 0 atom stereocenters. The second-order valence-corrected chi connectivity index (χ2v) is 6.06. The zero-order chi connectivity index (χ0) is 18.8. The van der Waals surface area contributed by atoms with Gasteiger partial charge in [0.05, 0.1) is 12.5 Å². The molecule has 2 N–H and O–H groups in total. The first-order valence-corrected chi connectivity index (χ1v) is 8.63. The van der Waals surface area contributed by atoms with E-state index in [9.17, 15) is 4.79 Å². The smallest absolute Gasteiger partial charge is 0.250 e. The number of rotatable bonds is 5. The fourth-order valence-electron chi connectivity index (χ4n) is 3.03. The van der Waals surface area contributed by atoms with Gasteiger partial charge in [-0.2, -0.15) is 0 Å². The van der Waals surface area contributed by atoms with Crippen molar-refractivity contribution in [2.24, 2.45) is 0 Å². The Bertz CT molecular complexity index is 1060. The monoisotopic (exact) mass is 362 g/mol. The molecular weight excluding hydrogens is 344 g/mol. The van der Waals surface area contributed by atoms with E-state index in [1.807, 2.05) is 6.92 Å². The quantitative estimate of drug-likeness (QED) is 0.579. The number of furan rings is 2. The summed E-state index contributed by atoms with van der Waals surface area (Å²) in [6.45, 7) is 2.64. The van der Waals surface area contributed by atoms with Crippen molar-refractivity contribution in [2.45, 2.75) is 19.9 Å². The Morgan fingerprint density at radius 2 is 1.63 bits per heavy atom. The van der Waals surface area contributed by atoms with Crippen molar-refractivity contribution in [3.63, 3.8) is 0 Å². The summed E-state index contributed by atoms with van der Waals surface area (Å²) in [5.74, 6) is 1.22. The number of nitrogen functional groups attached to an aromatic ring is 1. The maximum Gasteiger partial charge on any atom is 0.250 e. The third-order valence-corrected chi connectivity index (χ3v) is 4.17. The van der Waals surface area contributed by atoms with E-state index in [0.717, 1.165) is 12.0 Å². The van der Waals surface area contributed by atoms with Gasteiger partial charge in [-0.05, 0) is 36.8 Å². The number of hydrogen-bond acceptors (Lipinski definition) is 6. The van der Waals surface area contributed by atoms with Crippen LogP contribution < -0.4 is 11.3 Å². The Hall–Kier alpha value is -3.61. The van der Waals surface area contributed by atoms with Crippen molar-refractivity contribution in [2.75, 3.05) is 5.73 Å². The molecule has 0 fully saturated rings. The molecule has 4 rings (SSSR count). The Morgan fingerprint density at radius 3 is 2.15 bits per heavy atom. The highest BCUT2D eigenvalue weighted by Gasteiger charge is 2.22. The van der Waals surface area contributed by atoms with Gasteiger partial charge in [-0.1, -0.05) is 6.92 Å². The van der Waals surface area contributed by atoms with Gasteiger partial charge in [-0.3, -0.25) is 4.79 Å². The van der Waals surface area contributed by atoms with Crippen molar-refractivity contribution >= 4 is 5.95 Å². The van der Waals surface area contributed by atoms with Crippen LogP contribution in [0.4, 0.5) is 5.95 Å². The van der Waals surface area contributed by atoms with Crippen LogP contribution in [0.5, 0.6) is 0 Å². The van der Waals surface area contributed by atoms with Gasteiger partial charge in [-0.15, -0.1) is 0 Å². The van der Waals surface area contributed by atoms with E-state index < -0.39 is 0 Å². The van der Waals surface area contributed by atoms with Gasteiger partial charge in [0.1, 0.15) is 11.4 Å². The van der Waals surface area contributed by atoms with E-state index in [-0.39, 0.29) is 11.5 Å². The van der Waals surface area contributed by atoms with Crippen LogP contribution in [0.2, 0.25) is 0 Å². The molecule has 27 heavy (non-hydrogen) atoms. The average molecular weight is 362 g/mol. The number of nitrogens with two attached hydrogens (primary N) is 1. The summed E-state index contributed by atoms with van der Waals surface area (Å²) in [4.78, 5) is 21.0. The molecule has 0 bridgehead atoms. The number of aromatic nitrogens is 3. The topological polar surface area (TPSA) is 100 Å². The van der Waals surface area contributed by atoms with Crippen LogP contribution in [0, 0.1) is 0 Å². The van der Waals surface area contributed by atoms with Crippen molar-refractivity contribution in [3.05, 3.63) is 65.5 Å². The predicted octanol–water partition coefficient (Wildman–Crippen LogP) is 3.82. The number of hydrogen-bond donors (Lipinski definition) is 1. The van der Waals surface area contributed by atoms with Crippen LogP contribution >= 0.6 is 0 Å².